The molecule has 0 saturated carbocycles. The van der Waals surface area contributed by atoms with Crippen LogP contribution in [0.5, 0.6) is 0 Å². The predicted molar refractivity (Wildman–Crippen MR) is 132 cm³/mol. The molecule has 0 aromatic carbocycles. The molecule has 2 aliphatic rings. The number of nitrogen functional groups attached to an aromatic ring is 1. The van der Waals surface area contributed by atoms with Crippen molar-refractivity contribution in [1.82, 2.24) is 24.0 Å². The van der Waals surface area contributed by atoms with Gasteiger partial charge in [0.15, 0.2) is 5.13 Å². The van der Waals surface area contributed by atoms with E-state index in [0.29, 0.717) is 16.3 Å². The smallest absolute Gasteiger partial charge is 0.286 e. The highest BCUT2D eigenvalue weighted by atomic mass is 35.5. The molecule has 3 aromatic heterocycles. The minimum atomic E-state index is -1.47. The van der Waals surface area contributed by atoms with Crippen LogP contribution in [0.15, 0.2) is 47.1 Å². The number of carboxylic acids is 1. The Bertz CT molecular complexity index is 1480. The summed E-state index contributed by atoms with van der Waals surface area (Å²) >= 11 is 8.26. The Balaban J connectivity index is 1.37. The lowest BCUT2D eigenvalue weighted by Gasteiger charge is -2.50. The maximum atomic E-state index is 13.0. The number of carboxylic acid groups (broad SMARTS) is 1. The van der Waals surface area contributed by atoms with Crippen LogP contribution in [0.25, 0.3) is 5.65 Å². The fourth-order valence-corrected chi connectivity index (χ4v) is 6.00. The summed E-state index contributed by atoms with van der Waals surface area (Å²) < 4.78 is 7.64. The van der Waals surface area contributed by atoms with E-state index in [1.165, 1.54) is 11.8 Å². The maximum absolute atomic E-state index is 13.0. The lowest BCUT2D eigenvalue weighted by atomic mass is 10.0. The molecular formula is C21H19ClN8O5S2. The van der Waals surface area contributed by atoms with Gasteiger partial charge in [-0.05, 0) is 13.0 Å². The SMILES string of the molecule is CCO/N=C(\C(=O)N[C@@H]1C(=O)N2C(C(=O)[O-])=C(C[n+]3ccn4cc(Cl)ccc43)CS[C@H]12)c1nsc(N)n1. The standard InChI is InChI=1S/C21H19ClN8O5S2/c1-2-35-26-13(16-25-21(23)37-27-16)17(31)24-14-18(32)30-15(20(33)34)10(9-36-19(14)30)7-28-5-6-29-8-11(22)3-4-12(28)29/h3-6,8,14,19H,2,7,9H2,1H3,(H3-,23,24,25,27,31,33,34)/b26-13-/t14-,19-/m1/s1. The number of imidazole rings is 1. The van der Waals surface area contributed by atoms with Crippen LogP contribution in [-0.2, 0) is 25.8 Å². The van der Waals surface area contributed by atoms with Gasteiger partial charge in [0.25, 0.3) is 17.5 Å². The fourth-order valence-electron chi connectivity index (χ4n) is 4.06. The number of carbonyl (C=O) groups is 3. The third-order valence-electron chi connectivity index (χ3n) is 5.66. The average molecular weight is 563 g/mol. The van der Waals surface area contributed by atoms with Gasteiger partial charge in [0, 0.05) is 28.9 Å². The van der Waals surface area contributed by atoms with Gasteiger partial charge in [-0.1, -0.05) is 16.8 Å². The number of amides is 2. The van der Waals surface area contributed by atoms with Crippen LogP contribution in [0, 0.1) is 0 Å². The van der Waals surface area contributed by atoms with E-state index in [1.54, 1.807) is 31.6 Å². The maximum Gasteiger partial charge on any atom is 0.286 e. The average Bonchev–Trinajstić information content (AvgIpc) is 3.47. The molecule has 1 saturated heterocycles. The van der Waals surface area contributed by atoms with Crippen molar-refractivity contribution in [3.05, 3.63) is 52.8 Å². The Kier molecular flexibility index (Phi) is 6.74. The Morgan fingerprint density at radius 1 is 1.43 bits per heavy atom. The lowest BCUT2D eigenvalue weighted by molar-refractivity contribution is -0.662. The number of β-lactam (4-membered cyclic amide) rings is 1. The zero-order chi connectivity index (χ0) is 26.3. The van der Waals surface area contributed by atoms with Crippen molar-refractivity contribution >= 4 is 69.2 Å². The normalized spacial score (nSPS) is 19.6. The van der Waals surface area contributed by atoms with E-state index in [2.05, 4.69) is 19.8 Å². The molecular weight excluding hydrogens is 544 g/mol. The van der Waals surface area contributed by atoms with Gasteiger partial charge in [-0.25, -0.2) is 8.97 Å². The molecule has 37 heavy (non-hydrogen) atoms. The van der Waals surface area contributed by atoms with E-state index in [9.17, 15) is 19.5 Å². The van der Waals surface area contributed by atoms with Gasteiger partial charge in [-0.3, -0.25) is 14.5 Å². The summed E-state index contributed by atoms with van der Waals surface area (Å²) in [5.74, 6) is -2.52. The van der Waals surface area contributed by atoms with E-state index in [-0.39, 0.29) is 35.5 Å². The van der Waals surface area contributed by atoms with Gasteiger partial charge in [-0.2, -0.15) is 9.36 Å². The molecule has 13 nitrogen and oxygen atoms in total. The van der Waals surface area contributed by atoms with Gasteiger partial charge in [-0.15, -0.1) is 11.8 Å². The van der Waals surface area contributed by atoms with Crippen molar-refractivity contribution in [2.24, 2.45) is 5.16 Å². The second-order valence-corrected chi connectivity index (χ2v) is 10.3. The Morgan fingerprint density at radius 3 is 2.95 bits per heavy atom. The third kappa shape index (κ3) is 4.60. The number of oxime groups is 1. The number of nitrogens with one attached hydrogen (secondary N) is 1. The fraction of sp³-hybridized carbons (Fsp3) is 0.286. The molecule has 2 aliphatic heterocycles. The third-order valence-corrected chi connectivity index (χ3v) is 7.77. The summed E-state index contributed by atoms with van der Waals surface area (Å²) in [5.41, 5.74) is 6.47. The highest BCUT2D eigenvalue weighted by molar-refractivity contribution is 8.00. The quantitative estimate of drug-likeness (QED) is 0.154. The summed E-state index contributed by atoms with van der Waals surface area (Å²) in [5, 5.41) is 18.5. The molecule has 16 heteroatoms. The molecule has 3 aromatic rings. The lowest BCUT2D eigenvalue weighted by Crippen LogP contribution is -2.71. The van der Waals surface area contributed by atoms with E-state index in [1.807, 2.05) is 15.0 Å². The van der Waals surface area contributed by atoms with E-state index in [0.717, 1.165) is 22.1 Å². The largest absolute Gasteiger partial charge is 0.543 e. The minimum Gasteiger partial charge on any atom is -0.543 e. The molecule has 5 rings (SSSR count). The van der Waals surface area contributed by atoms with Crippen molar-refractivity contribution in [2.45, 2.75) is 24.9 Å². The second-order valence-electron chi connectivity index (χ2n) is 7.95. The van der Waals surface area contributed by atoms with Crippen LogP contribution >= 0.6 is 34.9 Å². The number of halogens is 1. The predicted octanol–water partition coefficient (Wildman–Crippen LogP) is -0.841. The van der Waals surface area contributed by atoms with Crippen LogP contribution in [0.4, 0.5) is 5.13 Å². The highest BCUT2D eigenvalue weighted by Gasteiger charge is 2.53. The molecule has 2 atom stereocenters. The Morgan fingerprint density at radius 2 is 2.24 bits per heavy atom. The van der Waals surface area contributed by atoms with Gasteiger partial charge in [0.05, 0.1) is 16.7 Å². The van der Waals surface area contributed by atoms with Crippen molar-refractivity contribution in [3.8, 4) is 0 Å². The van der Waals surface area contributed by atoms with Crippen LogP contribution in [0.2, 0.25) is 5.02 Å². The van der Waals surface area contributed by atoms with Gasteiger partial charge >= 0.3 is 0 Å². The number of hydrogen-bond acceptors (Lipinski definition) is 11. The number of pyridine rings is 1. The molecule has 0 spiro atoms. The summed E-state index contributed by atoms with van der Waals surface area (Å²) in [6.45, 7) is 2.10. The van der Waals surface area contributed by atoms with Crippen LogP contribution in [-0.4, -0.2) is 65.9 Å². The van der Waals surface area contributed by atoms with Gasteiger partial charge in [0.2, 0.25) is 11.5 Å². The van der Waals surface area contributed by atoms with Crippen LogP contribution < -0.4 is 20.7 Å². The number of anilines is 1. The van der Waals surface area contributed by atoms with Crippen molar-refractivity contribution in [1.29, 1.82) is 0 Å². The first-order valence-electron chi connectivity index (χ1n) is 10.9. The summed E-state index contributed by atoms with van der Waals surface area (Å²) in [6, 6.07) is 2.56. The summed E-state index contributed by atoms with van der Waals surface area (Å²) in [4.78, 5) is 48.2. The Labute approximate surface area is 222 Å². The second kappa shape index (κ2) is 9.99. The molecule has 0 unspecified atom stereocenters. The van der Waals surface area contributed by atoms with Crippen molar-refractivity contribution < 1.29 is 28.9 Å². The van der Waals surface area contributed by atoms with E-state index in [4.69, 9.17) is 22.2 Å². The monoisotopic (exact) mass is 562 g/mol. The molecule has 5 heterocycles. The van der Waals surface area contributed by atoms with Crippen LogP contribution in [0.1, 0.15) is 12.7 Å². The van der Waals surface area contributed by atoms with Crippen molar-refractivity contribution in [2.75, 3.05) is 18.1 Å². The first kappa shape index (κ1) is 25.0. The zero-order valence-corrected chi connectivity index (χ0v) is 21.5. The number of thioether (sulfide) groups is 1. The molecule has 192 valence electrons. The molecule has 0 aliphatic carbocycles. The Hall–Kier alpha value is -3.69. The number of aromatic nitrogens is 4. The minimum absolute atomic E-state index is 0.0379. The molecule has 0 radical (unpaired) electrons. The first-order chi connectivity index (χ1) is 17.8. The summed E-state index contributed by atoms with van der Waals surface area (Å²) in [6.07, 6.45) is 5.32. The van der Waals surface area contributed by atoms with E-state index >= 15 is 0 Å². The van der Waals surface area contributed by atoms with Gasteiger partial charge < -0.3 is 25.8 Å². The molecule has 2 amide bonds. The number of carbonyl (C=O) groups excluding carboxylic acids is 3. The molecule has 1 fully saturated rings. The number of rotatable bonds is 8. The number of nitrogens with zero attached hydrogens (tertiary/aromatic N) is 6. The molecule has 3 N–H and O–H groups in total. The number of fused-ring (bicyclic) bond motifs is 2. The summed E-state index contributed by atoms with van der Waals surface area (Å²) in [7, 11) is 0. The van der Waals surface area contributed by atoms with Crippen LogP contribution in [0.3, 0.4) is 0 Å². The highest BCUT2D eigenvalue weighted by Crippen LogP contribution is 2.40. The van der Waals surface area contributed by atoms with Gasteiger partial charge in [0.1, 0.15) is 43.2 Å². The molecule has 0 bridgehead atoms. The number of aliphatic carboxylic acids is 1. The topological polar surface area (TPSA) is 171 Å². The van der Waals surface area contributed by atoms with E-state index < -0.39 is 29.2 Å². The number of nitrogens with two attached hydrogens (primary N) is 1. The number of hydrogen-bond donors (Lipinski definition) is 2. The zero-order valence-electron chi connectivity index (χ0n) is 19.2. The first-order valence-corrected chi connectivity index (χ1v) is 13.1. The van der Waals surface area contributed by atoms with Crippen molar-refractivity contribution in [3.63, 3.8) is 0 Å².